The fourth-order valence-corrected chi connectivity index (χ4v) is 5.91. The lowest BCUT2D eigenvalue weighted by Crippen LogP contribution is -2.48. The number of rotatable bonds is 7. The number of piperazine rings is 1. The zero-order chi connectivity index (χ0) is 22.5. The van der Waals surface area contributed by atoms with Gasteiger partial charge in [-0.15, -0.1) is 10.2 Å². The van der Waals surface area contributed by atoms with Crippen LogP contribution in [0, 0.1) is 0 Å². The van der Waals surface area contributed by atoms with Crippen LogP contribution in [-0.2, 0) is 4.79 Å². The Kier molecular flexibility index (Phi) is 7.05. The first-order valence-corrected chi connectivity index (χ1v) is 13.1. The van der Waals surface area contributed by atoms with Crippen molar-refractivity contribution in [3.8, 4) is 5.75 Å². The highest BCUT2D eigenvalue weighted by molar-refractivity contribution is 7.15. The summed E-state index contributed by atoms with van der Waals surface area (Å²) in [4.78, 5) is 16.9. The van der Waals surface area contributed by atoms with Crippen molar-refractivity contribution in [2.45, 2.75) is 50.9 Å². The van der Waals surface area contributed by atoms with Crippen molar-refractivity contribution in [2.24, 2.45) is 0 Å². The predicted molar refractivity (Wildman–Crippen MR) is 133 cm³/mol. The van der Waals surface area contributed by atoms with E-state index in [2.05, 4.69) is 39.4 Å². The Hall–Kier alpha value is -2.67. The quantitative estimate of drug-likeness (QED) is 0.447. The van der Waals surface area contributed by atoms with Crippen molar-refractivity contribution in [1.82, 2.24) is 15.1 Å². The number of aromatic nitrogens is 2. The molecule has 2 aliphatic rings. The minimum Gasteiger partial charge on any atom is -0.494 e. The Morgan fingerprint density at radius 3 is 2.58 bits per heavy atom. The number of anilines is 1. The van der Waals surface area contributed by atoms with Gasteiger partial charge in [-0.2, -0.15) is 0 Å². The van der Waals surface area contributed by atoms with Gasteiger partial charge in [0, 0.05) is 38.5 Å². The lowest BCUT2D eigenvalue weighted by molar-refractivity contribution is -0.131. The highest BCUT2D eigenvalue weighted by Crippen LogP contribution is 2.36. The van der Waals surface area contributed by atoms with Gasteiger partial charge in [-0.25, -0.2) is 0 Å². The number of nitrogens with zero attached hydrogens (tertiary/aromatic N) is 4. The van der Waals surface area contributed by atoms with E-state index in [4.69, 9.17) is 4.74 Å². The van der Waals surface area contributed by atoms with Crippen molar-refractivity contribution in [3.63, 3.8) is 0 Å². The van der Waals surface area contributed by atoms with E-state index < -0.39 is 0 Å². The summed E-state index contributed by atoms with van der Waals surface area (Å²) >= 11 is 1.75. The van der Waals surface area contributed by atoms with E-state index in [1.54, 1.807) is 11.3 Å². The van der Waals surface area contributed by atoms with Crippen LogP contribution in [0.4, 0.5) is 5.13 Å². The molecule has 1 amide bonds. The summed E-state index contributed by atoms with van der Waals surface area (Å²) in [5.74, 6) is 1.68. The molecule has 33 heavy (non-hydrogen) atoms. The van der Waals surface area contributed by atoms with Gasteiger partial charge in [0.15, 0.2) is 0 Å². The van der Waals surface area contributed by atoms with E-state index in [0.29, 0.717) is 18.9 Å². The molecule has 1 aliphatic carbocycles. The number of carbonyl (C=O) groups excluding carboxylic acids is 1. The maximum atomic E-state index is 12.7. The molecule has 0 N–H and O–H groups in total. The Morgan fingerprint density at radius 1 is 0.970 bits per heavy atom. The number of ether oxygens (including phenoxy) is 1. The first-order chi connectivity index (χ1) is 16.3. The topological polar surface area (TPSA) is 58.6 Å². The molecule has 174 valence electrons. The van der Waals surface area contributed by atoms with Crippen molar-refractivity contribution in [3.05, 3.63) is 47.5 Å². The number of benzene rings is 2. The number of carbonyl (C=O) groups is 1. The first kappa shape index (κ1) is 22.1. The molecule has 1 aromatic heterocycles. The van der Waals surface area contributed by atoms with Crippen LogP contribution in [0.25, 0.3) is 10.8 Å². The summed E-state index contributed by atoms with van der Waals surface area (Å²) in [7, 11) is 0. The fraction of sp³-hybridized carbons (Fsp3) is 0.500. The molecule has 5 rings (SSSR count). The van der Waals surface area contributed by atoms with Gasteiger partial charge in [-0.3, -0.25) is 4.79 Å². The molecule has 0 unspecified atom stereocenters. The molecule has 0 spiro atoms. The van der Waals surface area contributed by atoms with Crippen molar-refractivity contribution < 1.29 is 9.53 Å². The van der Waals surface area contributed by atoms with Gasteiger partial charge < -0.3 is 14.5 Å². The molecule has 1 saturated carbocycles. The maximum absolute atomic E-state index is 12.7. The lowest BCUT2D eigenvalue weighted by Gasteiger charge is -2.34. The van der Waals surface area contributed by atoms with Crippen molar-refractivity contribution >= 4 is 33.1 Å². The minimum absolute atomic E-state index is 0.219. The molecular formula is C26H32N4O2S. The molecule has 0 radical (unpaired) electrons. The van der Waals surface area contributed by atoms with Gasteiger partial charge in [0.25, 0.3) is 0 Å². The molecule has 2 heterocycles. The first-order valence-electron chi connectivity index (χ1n) is 12.2. The van der Waals surface area contributed by atoms with E-state index in [0.717, 1.165) is 43.5 Å². The van der Waals surface area contributed by atoms with Gasteiger partial charge in [-0.05, 0) is 42.2 Å². The largest absolute Gasteiger partial charge is 0.494 e. The average Bonchev–Trinajstić information content (AvgIpc) is 3.37. The molecule has 7 heteroatoms. The third-order valence-corrected chi connectivity index (χ3v) is 7.96. The van der Waals surface area contributed by atoms with Crippen molar-refractivity contribution in [2.75, 3.05) is 37.7 Å². The molecule has 0 bridgehead atoms. The van der Waals surface area contributed by atoms with Crippen LogP contribution in [0.3, 0.4) is 0 Å². The van der Waals surface area contributed by atoms with Crippen LogP contribution in [0.1, 0.15) is 55.9 Å². The normalized spacial score (nSPS) is 17.5. The molecule has 2 fully saturated rings. The summed E-state index contributed by atoms with van der Waals surface area (Å²) in [5.41, 5.74) is 0. The summed E-state index contributed by atoms with van der Waals surface area (Å²) in [5, 5.41) is 13.6. The van der Waals surface area contributed by atoms with Gasteiger partial charge >= 0.3 is 0 Å². The average molecular weight is 465 g/mol. The molecule has 6 nitrogen and oxygen atoms in total. The van der Waals surface area contributed by atoms with Gasteiger partial charge in [0.1, 0.15) is 10.8 Å². The SMILES string of the molecule is O=C(CCCOc1ccc2ccccc2c1)N1CCN(c2nnc(C3CCCCC3)s2)CC1. The summed E-state index contributed by atoms with van der Waals surface area (Å²) in [6.07, 6.45) is 7.74. The zero-order valence-electron chi connectivity index (χ0n) is 19.1. The standard InChI is InChI=1S/C26H32N4O2S/c31-24(11-6-18-32-23-13-12-20-7-4-5-10-22(20)19-23)29-14-16-30(17-15-29)26-28-27-25(33-26)21-8-2-1-3-9-21/h4-5,7,10,12-13,19,21H,1-3,6,8-9,11,14-18H2. The summed E-state index contributed by atoms with van der Waals surface area (Å²) in [6, 6.07) is 14.4. The zero-order valence-corrected chi connectivity index (χ0v) is 19.9. The Bertz CT molecular complexity index is 1070. The highest BCUT2D eigenvalue weighted by atomic mass is 32.1. The molecular weight excluding hydrogens is 432 g/mol. The van der Waals surface area contributed by atoms with Crippen LogP contribution in [0.2, 0.25) is 0 Å². The summed E-state index contributed by atoms with van der Waals surface area (Å²) in [6.45, 7) is 3.72. The third kappa shape index (κ3) is 5.46. The molecule has 3 aromatic rings. The highest BCUT2D eigenvalue weighted by Gasteiger charge is 2.25. The van der Waals surface area contributed by atoms with Crippen molar-refractivity contribution in [1.29, 1.82) is 0 Å². The summed E-state index contributed by atoms with van der Waals surface area (Å²) < 4.78 is 5.89. The van der Waals surface area contributed by atoms with Gasteiger partial charge in [0.2, 0.25) is 11.0 Å². The van der Waals surface area contributed by atoms with Crippen LogP contribution < -0.4 is 9.64 Å². The second-order valence-electron chi connectivity index (χ2n) is 9.09. The fourth-order valence-electron chi connectivity index (χ4n) is 4.84. The molecule has 1 aliphatic heterocycles. The Labute approximate surface area is 199 Å². The van der Waals surface area contributed by atoms with Gasteiger partial charge in [-0.1, -0.05) is 60.9 Å². The third-order valence-electron chi connectivity index (χ3n) is 6.81. The maximum Gasteiger partial charge on any atom is 0.222 e. The predicted octanol–water partition coefficient (Wildman–Crippen LogP) is 5.25. The Balaban J connectivity index is 1.04. The van der Waals surface area contributed by atoms with Gasteiger partial charge in [0.05, 0.1) is 6.61 Å². The van der Waals surface area contributed by atoms with Crippen LogP contribution in [-0.4, -0.2) is 53.8 Å². The van der Waals surface area contributed by atoms with E-state index in [1.807, 2.05) is 23.1 Å². The second-order valence-corrected chi connectivity index (χ2v) is 10.1. The van der Waals surface area contributed by atoms with E-state index in [-0.39, 0.29) is 5.91 Å². The molecule has 2 aromatic carbocycles. The number of fused-ring (bicyclic) bond motifs is 1. The van der Waals surface area contributed by atoms with Crippen LogP contribution >= 0.6 is 11.3 Å². The number of amides is 1. The smallest absolute Gasteiger partial charge is 0.222 e. The van der Waals surface area contributed by atoms with Crippen LogP contribution in [0.5, 0.6) is 5.75 Å². The second kappa shape index (κ2) is 10.5. The van der Waals surface area contributed by atoms with Crippen LogP contribution in [0.15, 0.2) is 42.5 Å². The minimum atomic E-state index is 0.219. The lowest BCUT2D eigenvalue weighted by atomic mass is 9.90. The monoisotopic (exact) mass is 464 g/mol. The number of hydrogen-bond acceptors (Lipinski definition) is 6. The molecule has 0 atom stereocenters. The van der Waals surface area contributed by atoms with E-state index in [1.165, 1.54) is 47.9 Å². The van der Waals surface area contributed by atoms with E-state index in [9.17, 15) is 4.79 Å². The number of hydrogen-bond donors (Lipinski definition) is 0. The Morgan fingerprint density at radius 2 is 1.76 bits per heavy atom. The van der Waals surface area contributed by atoms with E-state index >= 15 is 0 Å². The molecule has 1 saturated heterocycles.